The number of fused-ring (bicyclic) bond motifs is 1. The lowest BCUT2D eigenvalue weighted by molar-refractivity contribution is 0.0546. The summed E-state index contributed by atoms with van der Waals surface area (Å²) in [4.78, 5) is 17.9. The second kappa shape index (κ2) is 4.85. The number of aromatic nitrogens is 1. The predicted octanol–water partition coefficient (Wildman–Crippen LogP) is 3.01. The number of carbonyl (C=O) groups is 1. The van der Waals surface area contributed by atoms with Crippen molar-refractivity contribution >= 4 is 22.5 Å². The monoisotopic (exact) mass is 271 g/mol. The molecule has 3 N–H and O–H groups in total. The lowest BCUT2D eigenvalue weighted by Crippen LogP contribution is -2.46. The van der Waals surface area contributed by atoms with Gasteiger partial charge in [0, 0.05) is 29.2 Å². The maximum atomic E-state index is 12.7. The third-order valence-electron chi connectivity index (χ3n) is 4.51. The van der Waals surface area contributed by atoms with Crippen molar-refractivity contribution < 1.29 is 4.79 Å². The third kappa shape index (κ3) is 2.15. The molecule has 106 valence electrons. The average molecular weight is 271 g/mol. The fraction of sp³-hybridized carbons (Fsp3) is 0.438. The molecule has 0 bridgehead atoms. The first-order valence-electron chi connectivity index (χ1n) is 7.25. The molecule has 2 atom stereocenters. The molecular weight excluding hydrogens is 250 g/mol. The molecule has 0 saturated carbocycles. The number of nitrogens with one attached hydrogen (secondary N) is 1. The zero-order chi connectivity index (χ0) is 14.3. The number of anilines is 1. The molecule has 1 aliphatic heterocycles. The van der Waals surface area contributed by atoms with Gasteiger partial charge in [0.2, 0.25) is 0 Å². The van der Waals surface area contributed by atoms with Crippen LogP contribution in [0.25, 0.3) is 10.9 Å². The highest BCUT2D eigenvalue weighted by Gasteiger charge is 2.29. The molecule has 0 spiro atoms. The van der Waals surface area contributed by atoms with E-state index in [0.717, 1.165) is 29.6 Å². The number of piperidine rings is 1. The van der Waals surface area contributed by atoms with Crippen molar-refractivity contribution in [3.05, 3.63) is 30.0 Å². The number of nitrogens with two attached hydrogens (primary N) is 1. The summed E-state index contributed by atoms with van der Waals surface area (Å²) < 4.78 is 0. The lowest BCUT2D eigenvalue weighted by atomic mass is 9.92. The van der Waals surface area contributed by atoms with E-state index in [9.17, 15) is 4.79 Å². The number of nitrogen functional groups attached to an aromatic ring is 1. The van der Waals surface area contributed by atoms with Gasteiger partial charge in [-0.25, -0.2) is 0 Å². The quantitative estimate of drug-likeness (QED) is 0.783. The second-order valence-electron chi connectivity index (χ2n) is 5.89. The number of benzene rings is 1. The first-order chi connectivity index (χ1) is 9.56. The Balaban J connectivity index is 1.92. The van der Waals surface area contributed by atoms with Crippen molar-refractivity contribution in [1.29, 1.82) is 0 Å². The fourth-order valence-electron chi connectivity index (χ4n) is 3.04. The molecule has 2 aromatic rings. The zero-order valence-corrected chi connectivity index (χ0v) is 12.0. The lowest BCUT2D eigenvalue weighted by Gasteiger charge is -2.37. The Hall–Kier alpha value is -1.97. The Morgan fingerprint density at radius 3 is 2.95 bits per heavy atom. The molecule has 0 aliphatic carbocycles. The van der Waals surface area contributed by atoms with Crippen LogP contribution in [0.4, 0.5) is 5.69 Å². The van der Waals surface area contributed by atoms with E-state index in [-0.39, 0.29) is 5.91 Å². The van der Waals surface area contributed by atoms with Gasteiger partial charge in [-0.05, 0) is 49.9 Å². The molecule has 3 rings (SSSR count). The number of nitrogens with zero attached hydrogens (tertiary/aromatic N) is 1. The van der Waals surface area contributed by atoms with Crippen molar-refractivity contribution in [3.8, 4) is 0 Å². The highest BCUT2D eigenvalue weighted by Crippen LogP contribution is 2.26. The summed E-state index contributed by atoms with van der Waals surface area (Å²) in [5.74, 6) is 0.659. The molecule has 4 nitrogen and oxygen atoms in total. The molecule has 1 aromatic carbocycles. The number of aromatic amines is 1. The largest absolute Gasteiger partial charge is 0.399 e. The number of H-pyrrole nitrogens is 1. The van der Waals surface area contributed by atoms with E-state index in [4.69, 9.17) is 5.73 Å². The molecule has 1 amide bonds. The van der Waals surface area contributed by atoms with E-state index >= 15 is 0 Å². The van der Waals surface area contributed by atoms with Crippen molar-refractivity contribution in [2.45, 2.75) is 32.7 Å². The number of hydrogen-bond acceptors (Lipinski definition) is 2. The second-order valence-corrected chi connectivity index (χ2v) is 5.89. The van der Waals surface area contributed by atoms with Crippen molar-refractivity contribution in [1.82, 2.24) is 9.88 Å². The van der Waals surface area contributed by atoms with Crippen molar-refractivity contribution in [2.75, 3.05) is 12.3 Å². The van der Waals surface area contributed by atoms with Gasteiger partial charge < -0.3 is 15.6 Å². The Labute approximate surface area is 118 Å². The number of rotatable bonds is 1. The number of hydrogen-bond donors (Lipinski definition) is 2. The van der Waals surface area contributed by atoms with E-state index in [1.165, 1.54) is 6.42 Å². The Kier molecular flexibility index (Phi) is 3.16. The summed E-state index contributed by atoms with van der Waals surface area (Å²) in [7, 11) is 0. The van der Waals surface area contributed by atoms with Gasteiger partial charge in [0.1, 0.15) is 5.69 Å². The SMILES string of the molecule is CC1CCCN(C(=O)c2cc3cc(N)ccc3[nH]2)C1C. The first kappa shape index (κ1) is 13.0. The highest BCUT2D eigenvalue weighted by molar-refractivity contribution is 5.98. The van der Waals surface area contributed by atoms with Crippen LogP contribution < -0.4 is 5.73 Å². The maximum Gasteiger partial charge on any atom is 0.270 e. The minimum Gasteiger partial charge on any atom is -0.399 e. The van der Waals surface area contributed by atoms with Crippen LogP contribution in [0.15, 0.2) is 24.3 Å². The van der Waals surface area contributed by atoms with Crippen molar-refractivity contribution in [2.24, 2.45) is 5.92 Å². The maximum absolute atomic E-state index is 12.7. The third-order valence-corrected chi connectivity index (χ3v) is 4.51. The minimum atomic E-state index is 0.0961. The topological polar surface area (TPSA) is 62.1 Å². The van der Waals surface area contributed by atoms with Gasteiger partial charge in [0.05, 0.1) is 0 Å². The predicted molar refractivity (Wildman–Crippen MR) is 81.6 cm³/mol. The van der Waals surface area contributed by atoms with E-state index in [1.54, 1.807) is 0 Å². The number of carbonyl (C=O) groups excluding carboxylic acids is 1. The van der Waals surface area contributed by atoms with Gasteiger partial charge in [-0.1, -0.05) is 6.92 Å². The zero-order valence-electron chi connectivity index (χ0n) is 12.0. The van der Waals surface area contributed by atoms with E-state index < -0.39 is 0 Å². The van der Waals surface area contributed by atoms with Gasteiger partial charge in [0.15, 0.2) is 0 Å². The molecule has 1 saturated heterocycles. The molecule has 0 radical (unpaired) electrons. The summed E-state index contributed by atoms with van der Waals surface area (Å²) in [5, 5.41) is 0.992. The van der Waals surface area contributed by atoms with Crippen LogP contribution in [0.2, 0.25) is 0 Å². The van der Waals surface area contributed by atoms with Crippen LogP contribution in [0.3, 0.4) is 0 Å². The van der Waals surface area contributed by atoms with Crippen molar-refractivity contribution in [3.63, 3.8) is 0 Å². The molecule has 1 aromatic heterocycles. The van der Waals surface area contributed by atoms with Gasteiger partial charge in [-0.3, -0.25) is 4.79 Å². The fourth-order valence-corrected chi connectivity index (χ4v) is 3.04. The minimum absolute atomic E-state index is 0.0961. The Morgan fingerprint density at radius 2 is 2.15 bits per heavy atom. The molecule has 4 heteroatoms. The van der Waals surface area contributed by atoms with Gasteiger partial charge in [-0.2, -0.15) is 0 Å². The molecule has 2 heterocycles. The number of likely N-dealkylation sites (tertiary alicyclic amines) is 1. The summed E-state index contributed by atoms with van der Waals surface area (Å²) >= 11 is 0. The van der Waals surface area contributed by atoms with Crippen LogP contribution in [-0.2, 0) is 0 Å². The molecular formula is C16H21N3O. The molecule has 1 fully saturated rings. The number of amides is 1. The van der Waals surface area contributed by atoms with Crippen LogP contribution in [0.1, 0.15) is 37.2 Å². The molecule has 20 heavy (non-hydrogen) atoms. The summed E-state index contributed by atoms with van der Waals surface area (Å²) in [5.41, 5.74) is 8.12. The Bertz CT molecular complexity index is 646. The van der Waals surface area contributed by atoms with Gasteiger partial charge in [-0.15, -0.1) is 0 Å². The Morgan fingerprint density at radius 1 is 1.35 bits per heavy atom. The van der Waals surface area contributed by atoms with Gasteiger partial charge in [0.25, 0.3) is 5.91 Å². The highest BCUT2D eigenvalue weighted by atomic mass is 16.2. The molecule has 1 aliphatic rings. The van der Waals surface area contributed by atoms with E-state index in [2.05, 4.69) is 18.8 Å². The van der Waals surface area contributed by atoms with Crippen LogP contribution in [0, 0.1) is 5.92 Å². The summed E-state index contributed by atoms with van der Waals surface area (Å²) in [6, 6.07) is 7.86. The van der Waals surface area contributed by atoms with Gasteiger partial charge >= 0.3 is 0 Å². The average Bonchev–Trinajstić information content (AvgIpc) is 2.84. The van der Waals surface area contributed by atoms with E-state index in [0.29, 0.717) is 17.7 Å². The van der Waals surface area contributed by atoms with Crippen LogP contribution in [-0.4, -0.2) is 28.4 Å². The van der Waals surface area contributed by atoms with E-state index in [1.807, 2.05) is 29.2 Å². The smallest absolute Gasteiger partial charge is 0.270 e. The standard InChI is InChI=1S/C16H21N3O/c1-10-4-3-7-19(11(10)2)16(20)15-9-12-8-13(17)5-6-14(12)18-15/h5-6,8-11,18H,3-4,7,17H2,1-2H3. The first-order valence-corrected chi connectivity index (χ1v) is 7.25. The van der Waals surface area contributed by atoms with Crippen LogP contribution >= 0.6 is 0 Å². The summed E-state index contributed by atoms with van der Waals surface area (Å²) in [6.45, 7) is 5.21. The molecule has 2 unspecified atom stereocenters. The normalized spacial score (nSPS) is 23.2. The summed E-state index contributed by atoms with van der Waals surface area (Å²) in [6.07, 6.45) is 2.29. The van der Waals surface area contributed by atoms with Crippen LogP contribution in [0.5, 0.6) is 0 Å².